The van der Waals surface area contributed by atoms with Crippen molar-refractivity contribution in [2.75, 3.05) is 5.75 Å². The summed E-state index contributed by atoms with van der Waals surface area (Å²) in [7, 11) is 0. The highest BCUT2D eigenvalue weighted by atomic mass is 32.2. The van der Waals surface area contributed by atoms with Crippen molar-refractivity contribution in [2.24, 2.45) is 0 Å². The minimum absolute atomic E-state index is 0.155. The lowest BCUT2D eigenvalue weighted by molar-refractivity contribution is 0.165. The second-order valence-corrected chi connectivity index (χ2v) is 5.13. The molecular formula is C11H20OS. The van der Waals surface area contributed by atoms with Gasteiger partial charge in [0.05, 0.1) is 6.10 Å². The van der Waals surface area contributed by atoms with E-state index < -0.39 is 0 Å². The molecule has 2 unspecified atom stereocenters. The molecule has 0 radical (unpaired) electrons. The molecule has 0 aromatic rings. The molecule has 1 fully saturated rings. The Morgan fingerprint density at radius 1 is 1.62 bits per heavy atom. The molecule has 1 N–H and O–H groups in total. The van der Waals surface area contributed by atoms with Crippen molar-refractivity contribution in [3.05, 3.63) is 12.2 Å². The molecule has 0 bridgehead atoms. The van der Waals surface area contributed by atoms with Crippen LogP contribution in [0.1, 0.15) is 39.0 Å². The minimum Gasteiger partial charge on any atom is -0.392 e. The Bertz CT molecular complexity index is 161. The van der Waals surface area contributed by atoms with Crippen molar-refractivity contribution in [3.8, 4) is 0 Å². The molecule has 1 rings (SSSR count). The Hall–Kier alpha value is 0.0500. The van der Waals surface area contributed by atoms with E-state index in [1.54, 1.807) is 0 Å². The lowest BCUT2D eigenvalue weighted by Crippen LogP contribution is -2.26. The highest BCUT2D eigenvalue weighted by Gasteiger charge is 2.22. The molecule has 1 aliphatic heterocycles. The summed E-state index contributed by atoms with van der Waals surface area (Å²) in [6.45, 7) is 6.04. The van der Waals surface area contributed by atoms with Crippen LogP contribution in [0.4, 0.5) is 0 Å². The van der Waals surface area contributed by atoms with Gasteiger partial charge in [0.1, 0.15) is 0 Å². The third-order valence-corrected chi connectivity index (χ3v) is 4.14. The van der Waals surface area contributed by atoms with Gasteiger partial charge in [-0.05, 0) is 31.4 Å². The van der Waals surface area contributed by atoms with Crippen LogP contribution in [-0.2, 0) is 0 Å². The molecule has 0 spiro atoms. The first-order valence-electron chi connectivity index (χ1n) is 5.20. The Morgan fingerprint density at radius 3 is 2.92 bits per heavy atom. The summed E-state index contributed by atoms with van der Waals surface area (Å²) in [6, 6.07) is 0. The van der Waals surface area contributed by atoms with Gasteiger partial charge >= 0.3 is 0 Å². The second kappa shape index (κ2) is 5.71. The second-order valence-electron chi connectivity index (χ2n) is 3.78. The molecule has 13 heavy (non-hydrogen) atoms. The molecule has 1 heterocycles. The van der Waals surface area contributed by atoms with Gasteiger partial charge in [0, 0.05) is 5.25 Å². The Kier molecular flexibility index (Phi) is 4.89. The summed E-state index contributed by atoms with van der Waals surface area (Å²) < 4.78 is 0. The Balaban J connectivity index is 2.28. The summed E-state index contributed by atoms with van der Waals surface area (Å²) in [5.74, 6) is 1.22. The van der Waals surface area contributed by atoms with Crippen LogP contribution in [0.2, 0.25) is 0 Å². The fourth-order valence-corrected chi connectivity index (χ4v) is 2.97. The first-order valence-corrected chi connectivity index (χ1v) is 6.25. The van der Waals surface area contributed by atoms with E-state index in [2.05, 4.69) is 13.5 Å². The van der Waals surface area contributed by atoms with Gasteiger partial charge in [0.25, 0.3) is 0 Å². The van der Waals surface area contributed by atoms with Crippen LogP contribution in [0.25, 0.3) is 0 Å². The summed E-state index contributed by atoms with van der Waals surface area (Å²) in [5.41, 5.74) is 1.18. The van der Waals surface area contributed by atoms with Crippen LogP contribution in [0.15, 0.2) is 12.2 Å². The third-order valence-electron chi connectivity index (χ3n) is 2.64. The molecule has 1 aliphatic rings. The number of rotatable bonds is 4. The Labute approximate surface area is 85.6 Å². The predicted octanol–water partition coefficient (Wildman–Crippen LogP) is 2.99. The fraction of sp³-hybridized carbons (Fsp3) is 0.818. The molecular weight excluding hydrogens is 180 g/mol. The van der Waals surface area contributed by atoms with E-state index in [1.807, 2.05) is 11.8 Å². The zero-order chi connectivity index (χ0) is 9.68. The highest BCUT2D eigenvalue weighted by Crippen LogP contribution is 2.29. The smallest absolute Gasteiger partial charge is 0.0695 e. The summed E-state index contributed by atoms with van der Waals surface area (Å²) in [5, 5.41) is 10.4. The van der Waals surface area contributed by atoms with E-state index in [4.69, 9.17) is 0 Å². The highest BCUT2D eigenvalue weighted by molar-refractivity contribution is 8.00. The topological polar surface area (TPSA) is 20.2 Å². The van der Waals surface area contributed by atoms with E-state index >= 15 is 0 Å². The van der Waals surface area contributed by atoms with Crippen molar-refractivity contribution in [3.63, 3.8) is 0 Å². The van der Waals surface area contributed by atoms with Crippen molar-refractivity contribution in [1.29, 1.82) is 0 Å². The zero-order valence-corrected chi connectivity index (χ0v) is 9.28. The molecule has 2 atom stereocenters. The van der Waals surface area contributed by atoms with Crippen LogP contribution in [-0.4, -0.2) is 22.2 Å². The van der Waals surface area contributed by atoms with E-state index in [0.717, 1.165) is 12.8 Å². The normalized spacial score (nSPS) is 25.5. The van der Waals surface area contributed by atoms with Crippen molar-refractivity contribution in [1.82, 2.24) is 0 Å². The largest absolute Gasteiger partial charge is 0.392 e. The first kappa shape index (κ1) is 11.1. The predicted molar refractivity (Wildman–Crippen MR) is 60.2 cm³/mol. The van der Waals surface area contributed by atoms with E-state index in [9.17, 15) is 5.11 Å². The maximum absolute atomic E-state index is 9.89. The molecule has 0 aromatic heterocycles. The monoisotopic (exact) mass is 200 g/mol. The fourth-order valence-electron chi connectivity index (χ4n) is 1.64. The average molecular weight is 200 g/mol. The first-order chi connectivity index (χ1) is 6.24. The van der Waals surface area contributed by atoms with Crippen molar-refractivity contribution < 1.29 is 5.11 Å². The lowest BCUT2D eigenvalue weighted by atomic mass is 10.0. The number of hydrogen-bond donors (Lipinski definition) is 1. The summed E-state index contributed by atoms with van der Waals surface area (Å²) in [6.07, 6.45) is 5.43. The average Bonchev–Trinajstić information content (AvgIpc) is 2.19. The molecule has 0 amide bonds. The maximum atomic E-state index is 9.89. The SMILES string of the molecule is C=C(CC)CC(O)C1CCCCS1. The standard InChI is InChI=1S/C11H20OS/c1-3-9(2)8-10(12)11-6-4-5-7-13-11/h10-12H,2-8H2,1H3. The van der Waals surface area contributed by atoms with Crippen LogP contribution in [0, 0.1) is 0 Å². The Morgan fingerprint density at radius 2 is 2.38 bits per heavy atom. The number of hydrogen-bond acceptors (Lipinski definition) is 2. The quantitative estimate of drug-likeness (QED) is 0.704. The molecule has 0 aliphatic carbocycles. The van der Waals surface area contributed by atoms with Crippen LogP contribution >= 0.6 is 11.8 Å². The summed E-state index contributed by atoms with van der Waals surface area (Å²) in [4.78, 5) is 0. The molecule has 2 heteroatoms. The van der Waals surface area contributed by atoms with Gasteiger partial charge < -0.3 is 5.11 Å². The van der Waals surface area contributed by atoms with Gasteiger partial charge in [-0.1, -0.05) is 25.5 Å². The zero-order valence-electron chi connectivity index (χ0n) is 8.46. The number of aliphatic hydroxyl groups excluding tert-OH is 1. The molecule has 1 saturated heterocycles. The van der Waals surface area contributed by atoms with E-state index in [-0.39, 0.29) is 6.10 Å². The molecule has 1 nitrogen and oxygen atoms in total. The van der Waals surface area contributed by atoms with Crippen LogP contribution < -0.4 is 0 Å². The van der Waals surface area contributed by atoms with Gasteiger partial charge in [-0.25, -0.2) is 0 Å². The van der Waals surface area contributed by atoms with Crippen molar-refractivity contribution >= 4 is 11.8 Å². The van der Waals surface area contributed by atoms with Gasteiger partial charge in [-0.15, -0.1) is 0 Å². The van der Waals surface area contributed by atoms with Gasteiger partial charge in [0.2, 0.25) is 0 Å². The lowest BCUT2D eigenvalue weighted by Gasteiger charge is -2.26. The third kappa shape index (κ3) is 3.74. The van der Waals surface area contributed by atoms with Crippen molar-refractivity contribution in [2.45, 2.75) is 50.4 Å². The molecule has 76 valence electrons. The molecule has 0 saturated carbocycles. The van der Waals surface area contributed by atoms with E-state index in [1.165, 1.54) is 30.6 Å². The van der Waals surface area contributed by atoms with E-state index in [0.29, 0.717) is 5.25 Å². The number of aliphatic hydroxyl groups is 1. The molecule has 0 aromatic carbocycles. The van der Waals surface area contributed by atoms with Gasteiger partial charge in [-0.2, -0.15) is 11.8 Å². The number of thioether (sulfide) groups is 1. The maximum Gasteiger partial charge on any atom is 0.0695 e. The van der Waals surface area contributed by atoms with Crippen LogP contribution in [0.5, 0.6) is 0 Å². The van der Waals surface area contributed by atoms with Gasteiger partial charge in [0.15, 0.2) is 0 Å². The van der Waals surface area contributed by atoms with Gasteiger partial charge in [-0.3, -0.25) is 0 Å². The summed E-state index contributed by atoms with van der Waals surface area (Å²) >= 11 is 1.93. The van der Waals surface area contributed by atoms with Crippen LogP contribution in [0.3, 0.4) is 0 Å². The minimum atomic E-state index is -0.155.